The Labute approximate surface area is 200 Å². The summed E-state index contributed by atoms with van der Waals surface area (Å²) in [5, 5.41) is 3.17. The smallest absolute Gasteiger partial charge is 0.318 e. The van der Waals surface area contributed by atoms with Crippen LogP contribution in [0, 0.1) is 5.92 Å². The molecule has 1 N–H and O–H groups in total. The van der Waals surface area contributed by atoms with Gasteiger partial charge in [-0.25, -0.2) is 4.79 Å². The highest BCUT2D eigenvalue weighted by atomic mass is 16.6. The molecule has 0 aliphatic carbocycles. The molecule has 4 atom stereocenters. The fraction of sp³-hybridized carbons (Fsp3) is 0.481. The molecule has 4 aliphatic heterocycles. The van der Waals surface area contributed by atoms with E-state index < -0.39 is 0 Å². The number of nitrogens with zero attached hydrogens (tertiary/aromatic N) is 2. The van der Waals surface area contributed by atoms with Gasteiger partial charge >= 0.3 is 6.03 Å². The number of hydrogen-bond donors (Lipinski definition) is 1. The maximum atomic E-state index is 13.6. The van der Waals surface area contributed by atoms with Gasteiger partial charge in [0.2, 0.25) is 5.91 Å². The Kier molecular flexibility index (Phi) is 5.35. The molecule has 0 radical (unpaired) electrons. The summed E-state index contributed by atoms with van der Waals surface area (Å²) < 4.78 is 11.6. The number of rotatable bonds is 2. The van der Waals surface area contributed by atoms with Crippen molar-refractivity contribution in [3.63, 3.8) is 0 Å². The van der Waals surface area contributed by atoms with Crippen LogP contribution >= 0.6 is 0 Å². The average molecular weight is 462 g/mol. The normalized spacial score (nSPS) is 26.1. The fourth-order valence-corrected chi connectivity index (χ4v) is 6.18. The fourth-order valence-electron chi connectivity index (χ4n) is 6.18. The standard InChI is InChI=1S/C27H31N3O4/c1-17(18-6-3-2-4-7-18)28-27(32)30-10-5-8-20-22(30)16-23-21-15-25-24(33-12-13-34-25)14-19(21)9-11-29(23)26(20)31/h2-4,6-7,14-15,17,20,22-23H,5,8-13,16H2,1H3,(H,28,32)/t17-,20+,22+,23-/m1/s1. The van der Waals surface area contributed by atoms with Gasteiger partial charge in [-0.3, -0.25) is 4.79 Å². The maximum absolute atomic E-state index is 13.6. The lowest BCUT2D eigenvalue weighted by molar-refractivity contribution is -0.148. The number of ether oxygens (including phenoxy) is 2. The lowest BCUT2D eigenvalue weighted by Crippen LogP contribution is -2.61. The van der Waals surface area contributed by atoms with Gasteiger partial charge in [-0.05, 0) is 61.4 Å². The van der Waals surface area contributed by atoms with E-state index in [2.05, 4.69) is 17.4 Å². The van der Waals surface area contributed by atoms with E-state index >= 15 is 0 Å². The molecule has 0 saturated carbocycles. The van der Waals surface area contributed by atoms with Gasteiger partial charge in [0.15, 0.2) is 11.5 Å². The minimum Gasteiger partial charge on any atom is -0.486 e. The van der Waals surface area contributed by atoms with Crippen LogP contribution in [-0.4, -0.2) is 54.1 Å². The Morgan fingerprint density at radius 2 is 1.85 bits per heavy atom. The number of carbonyl (C=O) groups excluding carboxylic acids is 2. The molecule has 4 aliphatic rings. The van der Waals surface area contributed by atoms with Gasteiger partial charge in [-0.1, -0.05) is 30.3 Å². The number of nitrogens with one attached hydrogen (secondary N) is 1. The Morgan fingerprint density at radius 1 is 1.09 bits per heavy atom. The number of amides is 3. The van der Waals surface area contributed by atoms with Crippen LogP contribution in [0.3, 0.4) is 0 Å². The number of piperidine rings is 2. The highest BCUT2D eigenvalue weighted by molar-refractivity contribution is 5.84. The molecular weight excluding hydrogens is 430 g/mol. The summed E-state index contributed by atoms with van der Waals surface area (Å²) in [5.74, 6) is 1.63. The number of likely N-dealkylation sites (tertiary alicyclic amines) is 1. The van der Waals surface area contributed by atoms with E-state index in [-0.39, 0.29) is 36.0 Å². The second-order valence-corrected chi connectivity index (χ2v) is 9.82. The van der Waals surface area contributed by atoms with E-state index in [1.807, 2.05) is 47.1 Å². The van der Waals surface area contributed by atoms with Crippen molar-refractivity contribution in [2.45, 2.75) is 50.7 Å². The van der Waals surface area contributed by atoms with Gasteiger partial charge in [0.05, 0.1) is 18.0 Å². The predicted octanol–water partition coefficient (Wildman–Crippen LogP) is 3.84. The minimum absolute atomic E-state index is 0.0340. The van der Waals surface area contributed by atoms with E-state index in [1.165, 1.54) is 5.56 Å². The van der Waals surface area contributed by atoms with Crippen LogP contribution in [0.4, 0.5) is 4.79 Å². The zero-order valence-corrected chi connectivity index (χ0v) is 19.5. The maximum Gasteiger partial charge on any atom is 0.318 e. The zero-order valence-electron chi connectivity index (χ0n) is 19.5. The molecule has 178 valence electrons. The molecule has 7 heteroatoms. The molecule has 34 heavy (non-hydrogen) atoms. The van der Waals surface area contributed by atoms with Crippen molar-refractivity contribution in [2.24, 2.45) is 5.92 Å². The molecular formula is C27H31N3O4. The molecule has 0 bridgehead atoms. The molecule has 6 rings (SSSR count). The summed E-state index contributed by atoms with van der Waals surface area (Å²) in [7, 11) is 0. The van der Waals surface area contributed by atoms with Crippen LogP contribution in [-0.2, 0) is 11.2 Å². The largest absolute Gasteiger partial charge is 0.486 e. The van der Waals surface area contributed by atoms with Gasteiger partial charge in [-0.2, -0.15) is 0 Å². The quantitative estimate of drug-likeness (QED) is 0.738. The van der Waals surface area contributed by atoms with Gasteiger partial charge in [0, 0.05) is 19.1 Å². The predicted molar refractivity (Wildman–Crippen MR) is 127 cm³/mol. The summed E-state index contributed by atoms with van der Waals surface area (Å²) in [4.78, 5) is 31.0. The first-order chi connectivity index (χ1) is 16.6. The van der Waals surface area contributed by atoms with Gasteiger partial charge < -0.3 is 24.6 Å². The lowest BCUT2D eigenvalue weighted by Gasteiger charge is -2.51. The molecule has 2 aromatic carbocycles. The lowest BCUT2D eigenvalue weighted by atomic mass is 9.76. The Morgan fingerprint density at radius 3 is 2.65 bits per heavy atom. The molecule has 2 aromatic rings. The van der Waals surface area contributed by atoms with Crippen molar-refractivity contribution in [1.82, 2.24) is 15.1 Å². The number of urea groups is 1. The topological polar surface area (TPSA) is 71.1 Å². The third-order valence-corrected chi connectivity index (χ3v) is 7.91. The van der Waals surface area contributed by atoms with Crippen molar-refractivity contribution in [3.8, 4) is 11.5 Å². The van der Waals surface area contributed by atoms with E-state index in [0.29, 0.717) is 19.8 Å². The van der Waals surface area contributed by atoms with Crippen molar-refractivity contribution >= 4 is 11.9 Å². The first-order valence-electron chi connectivity index (χ1n) is 12.4. The second kappa shape index (κ2) is 8.53. The van der Waals surface area contributed by atoms with Crippen LogP contribution in [0.25, 0.3) is 0 Å². The molecule has 0 aromatic heterocycles. The monoisotopic (exact) mass is 461 g/mol. The number of fused-ring (bicyclic) bond motifs is 5. The highest BCUT2D eigenvalue weighted by Crippen LogP contribution is 2.46. The Bertz CT molecular complexity index is 1100. The van der Waals surface area contributed by atoms with Crippen molar-refractivity contribution in [2.75, 3.05) is 26.3 Å². The van der Waals surface area contributed by atoms with Crippen LogP contribution < -0.4 is 14.8 Å². The molecule has 7 nitrogen and oxygen atoms in total. The van der Waals surface area contributed by atoms with E-state index in [1.54, 1.807) is 0 Å². The minimum atomic E-state index is -0.124. The van der Waals surface area contributed by atoms with Crippen LogP contribution in [0.2, 0.25) is 0 Å². The Hall–Kier alpha value is -3.22. The van der Waals surface area contributed by atoms with E-state index in [9.17, 15) is 9.59 Å². The molecule has 0 spiro atoms. The molecule has 2 saturated heterocycles. The van der Waals surface area contributed by atoms with Gasteiger partial charge in [0.25, 0.3) is 0 Å². The molecule has 3 amide bonds. The second-order valence-electron chi connectivity index (χ2n) is 9.82. The Balaban J connectivity index is 1.27. The first-order valence-corrected chi connectivity index (χ1v) is 12.4. The zero-order chi connectivity index (χ0) is 23.2. The summed E-state index contributed by atoms with van der Waals surface area (Å²) in [6.07, 6.45) is 3.28. The number of carbonyl (C=O) groups is 2. The first kappa shape index (κ1) is 21.3. The summed E-state index contributed by atoms with van der Waals surface area (Å²) in [5.41, 5.74) is 3.44. The van der Waals surface area contributed by atoms with Crippen LogP contribution in [0.1, 0.15) is 55.0 Å². The van der Waals surface area contributed by atoms with E-state index in [4.69, 9.17) is 9.47 Å². The van der Waals surface area contributed by atoms with Crippen molar-refractivity contribution in [3.05, 3.63) is 59.2 Å². The average Bonchev–Trinajstić information content (AvgIpc) is 2.87. The summed E-state index contributed by atoms with van der Waals surface area (Å²) >= 11 is 0. The highest BCUT2D eigenvalue weighted by Gasteiger charge is 2.49. The summed E-state index contributed by atoms with van der Waals surface area (Å²) in [6, 6.07) is 13.9. The van der Waals surface area contributed by atoms with Gasteiger partial charge in [0.1, 0.15) is 13.2 Å². The number of benzene rings is 2. The molecule has 4 heterocycles. The third-order valence-electron chi connectivity index (χ3n) is 7.91. The van der Waals surface area contributed by atoms with Gasteiger partial charge in [-0.15, -0.1) is 0 Å². The van der Waals surface area contributed by atoms with Crippen LogP contribution in [0.5, 0.6) is 11.5 Å². The third kappa shape index (κ3) is 3.58. The van der Waals surface area contributed by atoms with Crippen LogP contribution in [0.15, 0.2) is 42.5 Å². The molecule has 2 fully saturated rings. The SMILES string of the molecule is C[C@@H](NC(=O)N1CCC[C@@H]2C(=O)N3CCc4cc5c(cc4[C@H]3C[C@@H]21)OCCO5)c1ccccc1. The summed E-state index contributed by atoms with van der Waals surface area (Å²) in [6.45, 7) is 4.51. The van der Waals surface area contributed by atoms with Crippen molar-refractivity contribution < 1.29 is 19.1 Å². The molecule has 0 unspecified atom stereocenters. The van der Waals surface area contributed by atoms with Crippen molar-refractivity contribution in [1.29, 1.82) is 0 Å². The van der Waals surface area contributed by atoms with E-state index in [0.717, 1.165) is 54.9 Å². The number of hydrogen-bond acceptors (Lipinski definition) is 4.